The van der Waals surface area contributed by atoms with E-state index in [0.717, 1.165) is 38.9 Å². The number of carbonyl (C=O) groups is 2. The van der Waals surface area contributed by atoms with Gasteiger partial charge in [-0.3, -0.25) is 4.79 Å². The van der Waals surface area contributed by atoms with Gasteiger partial charge < -0.3 is 19.9 Å². The molecule has 20 heavy (non-hydrogen) atoms. The lowest BCUT2D eigenvalue weighted by Gasteiger charge is -2.25. The predicted octanol–water partition coefficient (Wildman–Crippen LogP) is 0.428. The maximum absolute atomic E-state index is 12.3. The van der Waals surface area contributed by atoms with Gasteiger partial charge in [0.15, 0.2) is 0 Å². The second-order valence-corrected chi connectivity index (χ2v) is 6.05. The zero-order valence-corrected chi connectivity index (χ0v) is 12.0. The van der Waals surface area contributed by atoms with Crippen molar-refractivity contribution in [2.45, 2.75) is 37.9 Å². The molecule has 3 aliphatic rings. The Balaban J connectivity index is 1.50. The molecule has 3 heterocycles. The van der Waals surface area contributed by atoms with Gasteiger partial charge in [0.2, 0.25) is 5.91 Å². The standard InChI is InChI=1S/C14H23N3O3/c1-15-13(18)7-11-6-10-8-17(9-12(10)20-11)14(19)16-4-2-3-5-16/h10-12H,2-9H2,1H3,(H,15,18)/t10-,11-,12-/m1/s1. The molecule has 0 spiro atoms. The van der Waals surface area contributed by atoms with Crippen LogP contribution >= 0.6 is 0 Å². The van der Waals surface area contributed by atoms with Crippen LogP contribution in [0.2, 0.25) is 0 Å². The minimum Gasteiger partial charge on any atom is -0.372 e. The topological polar surface area (TPSA) is 61.9 Å². The van der Waals surface area contributed by atoms with Gasteiger partial charge in [0.1, 0.15) is 0 Å². The van der Waals surface area contributed by atoms with Crippen molar-refractivity contribution in [3.8, 4) is 0 Å². The first-order chi connectivity index (χ1) is 9.67. The fraction of sp³-hybridized carbons (Fsp3) is 0.857. The van der Waals surface area contributed by atoms with E-state index in [1.807, 2.05) is 9.80 Å². The fourth-order valence-electron chi connectivity index (χ4n) is 3.57. The van der Waals surface area contributed by atoms with Crippen LogP contribution in [0, 0.1) is 5.92 Å². The van der Waals surface area contributed by atoms with E-state index in [1.54, 1.807) is 7.05 Å². The van der Waals surface area contributed by atoms with E-state index in [-0.39, 0.29) is 24.1 Å². The van der Waals surface area contributed by atoms with Crippen molar-refractivity contribution in [2.24, 2.45) is 5.92 Å². The highest BCUT2D eigenvalue weighted by Crippen LogP contribution is 2.34. The predicted molar refractivity (Wildman–Crippen MR) is 73.2 cm³/mol. The van der Waals surface area contributed by atoms with Crippen molar-refractivity contribution in [1.29, 1.82) is 0 Å². The van der Waals surface area contributed by atoms with Crippen LogP contribution < -0.4 is 5.32 Å². The Morgan fingerprint density at radius 3 is 2.60 bits per heavy atom. The minimum atomic E-state index is 0.0222. The number of likely N-dealkylation sites (tertiary alicyclic amines) is 2. The Labute approximate surface area is 119 Å². The highest BCUT2D eigenvalue weighted by molar-refractivity contribution is 5.76. The number of carbonyl (C=O) groups excluding carboxylic acids is 2. The molecule has 0 radical (unpaired) electrons. The molecular formula is C14H23N3O3. The molecule has 3 fully saturated rings. The third kappa shape index (κ3) is 2.61. The smallest absolute Gasteiger partial charge is 0.320 e. The molecule has 3 atom stereocenters. The van der Waals surface area contributed by atoms with Crippen LogP contribution in [0.5, 0.6) is 0 Å². The minimum absolute atomic E-state index is 0.0222. The van der Waals surface area contributed by atoms with Crippen LogP contribution in [0.1, 0.15) is 25.7 Å². The van der Waals surface area contributed by atoms with Crippen LogP contribution in [0.4, 0.5) is 4.79 Å². The molecule has 6 heteroatoms. The van der Waals surface area contributed by atoms with E-state index in [0.29, 0.717) is 18.9 Å². The van der Waals surface area contributed by atoms with Gasteiger partial charge >= 0.3 is 6.03 Å². The fourth-order valence-corrected chi connectivity index (χ4v) is 3.57. The zero-order chi connectivity index (χ0) is 14.1. The van der Waals surface area contributed by atoms with Crippen LogP contribution in [-0.4, -0.2) is 67.2 Å². The van der Waals surface area contributed by atoms with Crippen LogP contribution in [0.25, 0.3) is 0 Å². The molecule has 3 aliphatic heterocycles. The number of nitrogens with one attached hydrogen (secondary N) is 1. The monoisotopic (exact) mass is 281 g/mol. The number of hydrogen-bond acceptors (Lipinski definition) is 3. The molecule has 6 nitrogen and oxygen atoms in total. The summed E-state index contributed by atoms with van der Waals surface area (Å²) < 4.78 is 5.93. The van der Waals surface area contributed by atoms with Gasteiger partial charge in [0.25, 0.3) is 0 Å². The van der Waals surface area contributed by atoms with E-state index < -0.39 is 0 Å². The van der Waals surface area contributed by atoms with Gasteiger partial charge in [-0.15, -0.1) is 0 Å². The summed E-state index contributed by atoms with van der Waals surface area (Å²) in [6.07, 6.45) is 3.71. The summed E-state index contributed by atoms with van der Waals surface area (Å²) in [4.78, 5) is 27.6. The first-order valence-corrected chi connectivity index (χ1v) is 7.57. The first kappa shape index (κ1) is 13.7. The van der Waals surface area contributed by atoms with Gasteiger partial charge in [0, 0.05) is 39.1 Å². The summed E-state index contributed by atoms with van der Waals surface area (Å²) in [7, 11) is 1.65. The van der Waals surface area contributed by atoms with Gasteiger partial charge in [-0.25, -0.2) is 4.79 Å². The largest absolute Gasteiger partial charge is 0.372 e. The Hall–Kier alpha value is -1.30. The number of urea groups is 1. The SMILES string of the molecule is CNC(=O)C[C@H]1C[C@@H]2CN(C(=O)N3CCCC3)C[C@H]2O1. The van der Waals surface area contributed by atoms with E-state index in [2.05, 4.69) is 5.32 Å². The second kappa shape index (κ2) is 5.60. The van der Waals surface area contributed by atoms with Gasteiger partial charge in [0.05, 0.1) is 18.6 Å². The number of amides is 3. The normalized spacial score (nSPS) is 32.5. The molecule has 0 aromatic heterocycles. The second-order valence-electron chi connectivity index (χ2n) is 6.05. The molecule has 3 amide bonds. The molecule has 0 aromatic rings. The van der Waals surface area contributed by atoms with Crippen molar-refractivity contribution < 1.29 is 14.3 Å². The summed E-state index contributed by atoms with van der Waals surface area (Å²) in [5.41, 5.74) is 0. The Morgan fingerprint density at radius 2 is 1.95 bits per heavy atom. The van der Waals surface area contributed by atoms with E-state index in [1.165, 1.54) is 0 Å². The van der Waals surface area contributed by atoms with Crippen molar-refractivity contribution in [3.05, 3.63) is 0 Å². The maximum atomic E-state index is 12.3. The van der Waals surface area contributed by atoms with Crippen molar-refractivity contribution in [2.75, 3.05) is 33.2 Å². The lowest BCUT2D eigenvalue weighted by molar-refractivity contribution is -0.123. The first-order valence-electron chi connectivity index (χ1n) is 7.57. The highest BCUT2D eigenvalue weighted by atomic mass is 16.5. The van der Waals surface area contributed by atoms with E-state index in [9.17, 15) is 9.59 Å². The van der Waals surface area contributed by atoms with E-state index in [4.69, 9.17) is 4.74 Å². The lowest BCUT2D eigenvalue weighted by Crippen LogP contribution is -2.41. The summed E-state index contributed by atoms with van der Waals surface area (Å²) in [5.74, 6) is 0.427. The number of rotatable bonds is 2. The number of hydrogen-bond donors (Lipinski definition) is 1. The summed E-state index contributed by atoms with van der Waals surface area (Å²) in [6.45, 7) is 3.25. The number of fused-ring (bicyclic) bond motifs is 1. The summed E-state index contributed by atoms with van der Waals surface area (Å²) in [5, 5.41) is 2.63. The van der Waals surface area contributed by atoms with Crippen molar-refractivity contribution in [3.63, 3.8) is 0 Å². The van der Waals surface area contributed by atoms with Crippen molar-refractivity contribution in [1.82, 2.24) is 15.1 Å². The molecule has 0 saturated carbocycles. The Bertz CT molecular complexity index is 381. The molecular weight excluding hydrogens is 258 g/mol. The number of nitrogens with zero attached hydrogens (tertiary/aromatic N) is 2. The maximum Gasteiger partial charge on any atom is 0.320 e. The number of ether oxygens (including phenoxy) is 1. The molecule has 0 unspecified atom stereocenters. The summed E-state index contributed by atoms with van der Waals surface area (Å²) in [6, 6.07) is 0.170. The molecule has 3 rings (SSSR count). The molecule has 1 N–H and O–H groups in total. The highest BCUT2D eigenvalue weighted by Gasteiger charge is 2.44. The van der Waals surface area contributed by atoms with Gasteiger partial charge in [-0.2, -0.15) is 0 Å². The third-order valence-corrected chi connectivity index (χ3v) is 4.65. The quantitative estimate of drug-likeness (QED) is 0.798. The summed E-state index contributed by atoms with van der Waals surface area (Å²) >= 11 is 0. The average molecular weight is 281 g/mol. The molecule has 0 bridgehead atoms. The van der Waals surface area contributed by atoms with Gasteiger partial charge in [-0.1, -0.05) is 0 Å². The molecule has 3 saturated heterocycles. The van der Waals surface area contributed by atoms with Crippen molar-refractivity contribution >= 4 is 11.9 Å². The lowest BCUT2D eigenvalue weighted by atomic mass is 10.0. The molecule has 112 valence electrons. The molecule has 0 aliphatic carbocycles. The van der Waals surface area contributed by atoms with Crippen LogP contribution in [0.15, 0.2) is 0 Å². The average Bonchev–Trinajstić information content (AvgIpc) is 3.12. The molecule has 0 aromatic carbocycles. The third-order valence-electron chi connectivity index (χ3n) is 4.65. The van der Waals surface area contributed by atoms with Crippen LogP contribution in [0.3, 0.4) is 0 Å². The van der Waals surface area contributed by atoms with Crippen LogP contribution in [-0.2, 0) is 9.53 Å². The Kier molecular flexibility index (Phi) is 3.83. The van der Waals surface area contributed by atoms with E-state index >= 15 is 0 Å². The van der Waals surface area contributed by atoms with Gasteiger partial charge in [-0.05, 0) is 19.3 Å². The Morgan fingerprint density at radius 1 is 1.20 bits per heavy atom. The zero-order valence-electron chi connectivity index (χ0n) is 12.0.